The van der Waals surface area contributed by atoms with Crippen LogP contribution < -0.4 is 19.7 Å². The lowest BCUT2D eigenvalue weighted by Gasteiger charge is -2.23. The second-order valence-electron chi connectivity index (χ2n) is 7.61. The molecular formula is C22H26N3O3S+. The highest BCUT2D eigenvalue weighted by atomic mass is 32.1. The summed E-state index contributed by atoms with van der Waals surface area (Å²) in [7, 11) is 3.33. The number of nitriles is 1. The number of carbonyl (C=O) groups excluding carboxylic acids is 1. The van der Waals surface area contributed by atoms with E-state index in [1.807, 2.05) is 18.2 Å². The normalized spacial score (nSPS) is 20.2. The maximum atomic E-state index is 12.8. The van der Waals surface area contributed by atoms with Crippen LogP contribution in [-0.2, 0) is 17.6 Å². The highest BCUT2D eigenvalue weighted by Crippen LogP contribution is 2.38. The first-order valence-corrected chi connectivity index (χ1v) is 10.9. The van der Waals surface area contributed by atoms with E-state index in [1.165, 1.54) is 9.78 Å². The lowest BCUT2D eigenvalue weighted by Crippen LogP contribution is -3.11. The van der Waals surface area contributed by atoms with E-state index in [0.29, 0.717) is 12.1 Å². The summed E-state index contributed by atoms with van der Waals surface area (Å²) in [6, 6.07) is 8.32. The van der Waals surface area contributed by atoms with Gasteiger partial charge in [0.1, 0.15) is 28.6 Å². The van der Waals surface area contributed by atoms with Crippen molar-refractivity contribution in [3.05, 3.63) is 39.8 Å². The molecule has 1 aliphatic carbocycles. The molecule has 0 saturated carbocycles. The van der Waals surface area contributed by atoms with E-state index in [0.717, 1.165) is 66.3 Å². The first-order chi connectivity index (χ1) is 14.1. The number of hydrogen-bond acceptors (Lipinski definition) is 5. The molecule has 152 valence electrons. The van der Waals surface area contributed by atoms with Crippen LogP contribution in [0.15, 0.2) is 18.2 Å². The molecule has 29 heavy (non-hydrogen) atoms. The van der Waals surface area contributed by atoms with Gasteiger partial charge in [-0.3, -0.25) is 4.79 Å². The van der Waals surface area contributed by atoms with Gasteiger partial charge in [0.2, 0.25) is 0 Å². The molecular weight excluding hydrogens is 386 g/mol. The van der Waals surface area contributed by atoms with Crippen molar-refractivity contribution in [2.75, 3.05) is 32.6 Å². The zero-order chi connectivity index (χ0) is 20.4. The van der Waals surface area contributed by atoms with Crippen molar-refractivity contribution in [2.45, 2.75) is 38.1 Å². The minimum Gasteiger partial charge on any atom is -0.497 e. The highest BCUT2D eigenvalue weighted by Gasteiger charge is 2.34. The van der Waals surface area contributed by atoms with Crippen LogP contribution in [0.25, 0.3) is 0 Å². The molecule has 1 fully saturated rings. The molecule has 1 amide bonds. The number of nitrogens with zero attached hydrogens (tertiary/aromatic N) is 1. The Morgan fingerprint density at radius 2 is 2.17 bits per heavy atom. The van der Waals surface area contributed by atoms with E-state index < -0.39 is 0 Å². The van der Waals surface area contributed by atoms with Crippen LogP contribution in [0.4, 0.5) is 5.00 Å². The Labute approximate surface area is 175 Å². The lowest BCUT2D eigenvalue weighted by molar-refractivity contribution is -0.910. The topological polar surface area (TPSA) is 75.8 Å². The summed E-state index contributed by atoms with van der Waals surface area (Å²) in [4.78, 5) is 15.3. The predicted molar refractivity (Wildman–Crippen MR) is 112 cm³/mol. The number of rotatable bonds is 6. The molecule has 1 saturated heterocycles. The molecule has 1 aromatic carbocycles. The van der Waals surface area contributed by atoms with Crippen molar-refractivity contribution < 1.29 is 19.2 Å². The van der Waals surface area contributed by atoms with Crippen molar-refractivity contribution in [1.29, 1.82) is 5.26 Å². The summed E-state index contributed by atoms with van der Waals surface area (Å²) in [5, 5.41) is 13.3. The van der Waals surface area contributed by atoms with Crippen molar-refractivity contribution in [3.63, 3.8) is 0 Å². The van der Waals surface area contributed by atoms with E-state index >= 15 is 0 Å². The van der Waals surface area contributed by atoms with Crippen molar-refractivity contribution in [1.82, 2.24) is 0 Å². The Kier molecular flexibility index (Phi) is 5.74. The Morgan fingerprint density at radius 3 is 2.93 bits per heavy atom. The molecule has 2 aliphatic rings. The summed E-state index contributed by atoms with van der Waals surface area (Å²) >= 11 is 1.57. The van der Waals surface area contributed by atoms with Crippen molar-refractivity contribution in [2.24, 2.45) is 0 Å². The second kappa shape index (κ2) is 8.44. The van der Waals surface area contributed by atoms with Gasteiger partial charge in [-0.25, -0.2) is 0 Å². The number of ether oxygens (including phenoxy) is 2. The highest BCUT2D eigenvalue weighted by molar-refractivity contribution is 7.16. The van der Waals surface area contributed by atoms with Gasteiger partial charge in [-0.15, -0.1) is 11.3 Å². The van der Waals surface area contributed by atoms with Gasteiger partial charge in [0.15, 0.2) is 6.54 Å². The zero-order valence-corrected chi connectivity index (χ0v) is 17.7. The maximum absolute atomic E-state index is 12.8. The number of hydrogen-bond donors (Lipinski definition) is 2. The monoisotopic (exact) mass is 412 g/mol. The number of carbonyl (C=O) groups is 1. The minimum absolute atomic E-state index is 0.0369. The molecule has 2 atom stereocenters. The third-order valence-electron chi connectivity index (χ3n) is 5.97. The Morgan fingerprint density at radius 1 is 1.31 bits per heavy atom. The summed E-state index contributed by atoms with van der Waals surface area (Å²) in [5.41, 5.74) is 2.89. The molecule has 2 N–H and O–H groups in total. The van der Waals surface area contributed by atoms with Gasteiger partial charge >= 0.3 is 0 Å². The number of fused-ring (bicyclic) bond motifs is 1. The number of quaternary nitrogens is 1. The Hall–Kier alpha value is -2.56. The van der Waals surface area contributed by atoms with Crippen LogP contribution in [0.5, 0.6) is 11.5 Å². The van der Waals surface area contributed by atoms with Crippen LogP contribution in [0.3, 0.4) is 0 Å². The largest absolute Gasteiger partial charge is 0.497 e. The summed E-state index contributed by atoms with van der Waals surface area (Å²) in [6.45, 7) is 1.31. The molecule has 1 aromatic heterocycles. The second-order valence-corrected chi connectivity index (χ2v) is 8.71. The number of methoxy groups -OCH3 is 2. The summed E-state index contributed by atoms with van der Waals surface area (Å²) < 4.78 is 11.0. The molecule has 1 unspecified atom stereocenters. The quantitative estimate of drug-likeness (QED) is 0.764. The van der Waals surface area contributed by atoms with Crippen molar-refractivity contribution in [3.8, 4) is 17.6 Å². The number of amides is 1. The first-order valence-electron chi connectivity index (χ1n) is 10.1. The van der Waals surface area contributed by atoms with E-state index in [2.05, 4.69) is 11.4 Å². The minimum atomic E-state index is -0.0369. The molecule has 0 bridgehead atoms. The molecule has 2 heterocycles. The van der Waals surface area contributed by atoms with Gasteiger partial charge in [-0.05, 0) is 43.0 Å². The summed E-state index contributed by atoms with van der Waals surface area (Å²) in [5.74, 6) is 1.59. The molecule has 6 nitrogen and oxygen atoms in total. The third kappa shape index (κ3) is 3.83. The van der Waals surface area contributed by atoms with Gasteiger partial charge in [-0.2, -0.15) is 5.26 Å². The summed E-state index contributed by atoms with van der Waals surface area (Å²) in [6.07, 6.45) is 5.12. The smallest absolute Gasteiger partial charge is 0.280 e. The fourth-order valence-electron chi connectivity index (χ4n) is 4.60. The molecule has 2 aromatic rings. The molecule has 0 spiro atoms. The van der Waals surface area contributed by atoms with Crippen molar-refractivity contribution >= 4 is 22.2 Å². The van der Waals surface area contributed by atoms with E-state index in [9.17, 15) is 10.1 Å². The molecule has 4 rings (SSSR count). The van der Waals surface area contributed by atoms with Crippen LogP contribution in [0, 0.1) is 11.3 Å². The standard InChI is InChI=1S/C22H25N3O3S/c1-27-14-8-9-19(28-2)16(11-14)18-6-4-10-25(18)13-21(26)24-22-17(12-23)15-5-3-7-20(15)29-22/h8-9,11,18H,3-7,10,13H2,1-2H3,(H,24,26)/p+1/t18-/m1/s1. The fraction of sp³-hybridized carbons (Fsp3) is 0.455. The fourth-order valence-corrected chi connectivity index (χ4v) is 5.85. The van der Waals surface area contributed by atoms with Gasteiger partial charge < -0.3 is 19.7 Å². The van der Waals surface area contributed by atoms with Gasteiger partial charge in [-0.1, -0.05) is 0 Å². The van der Waals surface area contributed by atoms with E-state index in [4.69, 9.17) is 9.47 Å². The van der Waals surface area contributed by atoms with Crippen LogP contribution in [0.1, 0.15) is 46.9 Å². The predicted octanol–water partition coefficient (Wildman–Crippen LogP) is 2.48. The van der Waals surface area contributed by atoms with E-state index in [1.54, 1.807) is 25.6 Å². The third-order valence-corrected chi connectivity index (χ3v) is 7.18. The number of aryl methyl sites for hydroxylation is 1. The van der Waals surface area contributed by atoms with Gasteiger partial charge in [0.05, 0.1) is 31.9 Å². The van der Waals surface area contributed by atoms with E-state index in [-0.39, 0.29) is 11.9 Å². The number of benzene rings is 1. The van der Waals surface area contributed by atoms with Crippen LogP contribution >= 0.6 is 11.3 Å². The maximum Gasteiger partial charge on any atom is 0.280 e. The molecule has 7 heteroatoms. The number of anilines is 1. The zero-order valence-electron chi connectivity index (χ0n) is 16.8. The average molecular weight is 413 g/mol. The SMILES string of the molecule is COc1ccc(OC)c([C@H]2CCC[NH+]2CC(=O)Nc2sc3c(c2C#N)CCC3)c1. The van der Waals surface area contributed by atoms with Crippen LogP contribution in [0.2, 0.25) is 0 Å². The van der Waals surface area contributed by atoms with Crippen LogP contribution in [-0.4, -0.2) is 33.2 Å². The van der Waals surface area contributed by atoms with Gasteiger partial charge in [0.25, 0.3) is 5.91 Å². The van der Waals surface area contributed by atoms with Gasteiger partial charge in [0, 0.05) is 17.7 Å². The first kappa shape index (κ1) is 19.7. The number of likely N-dealkylation sites (tertiary alicyclic amines) is 1. The average Bonchev–Trinajstić information content (AvgIpc) is 3.43. The lowest BCUT2D eigenvalue weighted by atomic mass is 10.0. The Balaban J connectivity index is 1.50. The number of thiophene rings is 1. The molecule has 0 radical (unpaired) electrons. The molecule has 1 aliphatic heterocycles. The number of nitrogens with one attached hydrogen (secondary N) is 2. The Bertz CT molecular complexity index is 963.